The molecule has 0 saturated carbocycles. The fourth-order valence-electron chi connectivity index (χ4n) is 2.07. The molecule has 1 atom stereocenters. The molecule has 0 aliphatic heterocycles. The van der Waals surface area contributed by atoms with E-state index in [2.05, 4.69) is 21.2 Å². The smallest absolute Gasteiger partial charge is 0.303 e. The van der Waals surface area contributed by atoms with Crippen molar-refractivity contribution in [3.05, 3.63) is 34.0 Å². The molecule has 1 unspecified atom stereocenters. The number of amides is 1. The number of furan rings is 1. The van der Waals surface area contributed by atoms with E-state index in [0.717, 1.165) is 15.4 Å². The Balaban J connectivity index is 2.13. The molecule has 0 aliphatic carbocycles. The highest BCUT2D eigenvalue weighted by molar-refractivity contribution is 9.10. The molecule has 1 aromatic heterocycles. The van der Waals surface area contributed by atoms with Crippen LogP contribution in [0.3, 0.4) is 0 Å². The molecule has 0 fully saturated rings. The number of benzene rings is 1. The molecule has 2 rings (SSSR count). The van der Waals surface area contributed by atoms with Crippen LogP contribution in [0.1, 0.15) is 35.9 Å². The lowest BCUT2D eigenvalue weighted by Crippen LogP contribution is -2.32. The van der Waals surface area contributed by atoms with Crippen LogP contribution in [0.2, 0.25) is 0 Å². The van der Waals surface area contributed by atoms with Gasteiger partial charge in [-0.25, -0.2) is 0 Å². The number of fused-ring (bicyclic) bond motifs is 1. The summed E-state index contributed by atoms with van der Waals surface area (Å²) in [4.78, 5) is 22.6. The second kappa shape index (κ2) is 6.30. The predicted octanol–water partition coefficient (Wildman–Crippen LogP) is 3.49. The van der Waals surface area contributed by atoms with Gasteiger partial charge in [-0.2, -0.15) is 0 Å². The van der Waals surface area contributed by atoms with Gasteiger partial charge in [-0.15, -0.1) is 0 Å². The summed E-state index contributed by atoms with van der Waals surface area (Å²) in [7, 11) is 0. The van der Waals surface area contributed by atoms with Crippen molar-refractivity contribution in [1.29, 1.82) is 0 Å². The summed E-state index contributed by atoms with van der Waals surface area (Å²) in [6, 6.07) is 5.32. The lowest BCUT2D eigenvalue weighted by Gasteiger charge is -2.11. The third kappa shape index (κ3) is 3.85. The van der Waals surface area contributed by atoms with Crippen molar-refractivity contribution < 1.29 is 19.1 Å². The van der Waals surface area contributed by atoms with Crippen LogP contribution in [0.5, 0.6) is 0 Å². The van der Waals surface area contributed by atoms with Gasteiger partial charge < -0.3 is 14.8 Å². The highest BCUT2D eigenvalue weighted by Crippen LogP contribution is 2.28. The molecule has 1 aromatic carbocycles. The van der Waals surface area contributed by atoms with Crippen LogP contribution in [-0.2, 0) is 4.79 Å². The Morgan fingerprint density at radius 1 is 1.38 bits per heavy atom. The predicted molar refractivity (Wildman–Crippen MR) is 82.4 cm³/mol. The molecular formula is C15H16BrNO4. The van der Waals surface area contributed by atoms with Crippen molar-refractivity contribution in [3.8, 4) is 0 Å². The SMILES string of the molecule is Cc1cc(Br)c2oc(C(=O)NC(C)CCC(=O)O)cc2c1. The molecule has 1 heterocycles. The van der Waals surface area contributed by atoms with Crippen molar-refractivity contribution in [2.75, 3.05) is 0 Å². The number of carboxylic acid groups (broad SMARTS) is 1. The summed E-state index contributed by atoms with van der Waals surface area (Å²) in [6.07, 6.45) is 0.399. The number of nitrogens with one attached hydrogen (secondary N) is 1. The Morgan fingerprint density at radius 3 is 2.76 bits per heavy atom. The molecule has 112 valence electrons. The molecule has 1 amide bonds. The van der Waals surface area contributed by atoms with E-state index in [1.54, 1.807) is 13.0 Å². The number of hydrogen-bond donors (Lipinski definition) is 2. The number of carbonyl (C=O) groups is 2. The van der Waals surface area contributed by atoms with Crippen molar-refractivity contribution in [2.24, 2.45) is 0 Å². The Kier molecular flexibility index (Phi) is 4.67. The van der Waals surface area contributed by atoms with E-state index in [1.807, 2.05) is 19.1 Å². The Hall–Kier alpha value is -1.82. The number of halogens is 1. The van der Waals surface area contributed by atoms with E-state index in [0.29, 0.717) is 12.0 Å². The molecule has 21 heavy (non-hydrogen) atoms. The minimum absolute atomic E-state index is 0.0202. The maximum Gasteiger partial charge on any atom is 0.303 e. The summed E-state index contributed by atoms with van der Waals surface area (Å²) in [5, 5.41) is 12.2. The number of aryl methyl sites for hydroxylation is 1. The Labute approximate surface area is 130 Å². The topological polar surface area (TPSA) is 79.5 Å². The first-order valence-electron chi connectivity index (χ1n) is 6.59. The minimum Gasteiger partial charge on any atom is -0.481 e. The summed E-state index contributed by atoms with van der Waals surface area (Å²) in [5.74, 6) is -0.994. The van der Waals surface area contributed by atoms with Gasteiger partial charge >= 0.3 is 5.97 Å². The number of rotatable bonds is 5. The fourth-order valence-corrected chi connectivity index (χ4v) is 2.74. The summed E-state index contributed by atoms with van der Waals surface area (Å²) in [5.41, 5.74) is 1.70. The Bertz CT molecular complexity index is 692. The van der Waals surface area contributed by atoms with Crippen LogP contribution in [0.25, 0.3) is 11.0 Å². The molecule has 5 nitrogen and oxygen atoms in total. The van der Waals surface area contributed by atoms with Gasteiger partial charge in [-0.05, 0) is 60.0 Å². The molecule has 0 bridgehead atoms. The van der Waals surface area contributed by atoms with Crippen molar-refractivity contribution in [3.63, 3.8) is 0 Å². The fraction of sp³-hybridized carbons (Fsp3) is 0.333. The standard InChI is InChI=1S/C15H16BrNO4/c1-8-5-10-7-12(21-14(10)11(16)6-8)15(20)17-9(2)3-4-13(18)19/h5-7,9H,3-4H2,1-2H3,(H,17,20)(H,18,19). The van der Waals surface area contributed by atoms with Crippen LogP contribution < -0.4 is 5.32 Å². The maximum atomic E-state index is 12.1. The average Bonchev–Trinajstić information content (AvgIpc) is 2.80. The van der Waals surface area contributed by atoms with Crippen LogP contribution in [0.4, 0.5) is 0 Å². The number of carboxylic acids is 1. The van der Waals surface area contributed by atoms with Gasteiger partial charge in [0.1, 0.15) is 5.58 Å². The average molecular weight is 354 g/mol. The van der Waals surface area contributed by atoms with Gasteiger partial charge in [0.2, 0.25) is 0 Å². The van der Waals surface area contributed by atoms with E-state index in [1.165, 1.54) is 0 Å². The van der Waals surface area contributed by atoms with Crippen molar-refractivity contribution in [1.82, 2.24) is 5.32 Å². The first kappa shape index (κ1) is 15.6. The largest absolute Gasteiger partial charge is 0.481 e. The van der Waals surface area contributed by atoms with Crippen molar-refractivity contribution in [2.45, 2.75) is 32.7 Å². The van der Waals surface area contributed by atoms with Gasteiger partial charge in [0.25, 0.3) is 5.91 Å². The van der Waals surface area contributed by atoms with Crippen LogP contribution >= 0.6 is 15.9 Å². The third-order valence-corrected chi connectivity index (χ3v) is 3.70. The number of aliphatic carboxylic acids is 1. The molecule has 6 heteroatoms. The molecule has 0 aliphatic rings. The summed E-state index contributed by atoms with van der Waals surface area (Å²) >= 11 is 3.41. The highest BCUT2D eigenvalue weighted by atomic mass is 79.9. The first-order chi connectivity index (χ1) is 9.86. The summed E-state index contributed by atoms with van der Waals surface area (Å²) in [6.45, 7) is 3.73. The number of hydrogen-bond acceptors (Lipinski definition) is 3. The zero-order valence-corrected chi connectivity index (χ0v) is 13.4. The monoisotopic (exact) mass is 353 g/mol. The van der Waals surface area contributed by atoms with E-state index in [9.17, 15) is 9.59 Å². The van der Waals surface area contributed by atoms with Gasteiger partial charge in [0.05, 0.1) is 4.47 Å². The number of carbonyl (C=O) groups excluding carboxylic acids is 1. The van der Waals surface area contributed by atoms with Crippen LogP contribution in [0.15, 0.2) is 27.1 Å². The van der Waals surface area contributed by atoms with E-state index in [4.69, 9.17) is 9.52 Å². The zero-order valence-electron chi connectivity index (χ0n) is 11.8. The molecule has 2 N–H and O–H groups in total. The van der Waals surface area contributed by atoms with Crippen LogP contribution in [-0.4, -0.2) is 23.0 Å². The molecule has 2 aromatic rings. The highest BCUT2D eigenvalue weighted by Gasteiger charge is 2.16. The zero-order chi connectivity index (χ0) is 15.6. The van der Waals surface area contributed by atoms with Gasteiger partial charge in [-0.1, -0.05) is 0 Å². The summed E-state index contributed by atoms with van der Waals surface area (Å²) < 4.78 is 6.37. The normalized spacial score (nSPS) is 12.3. The van der Waals surface area contributed by atoms with Gasteiger partial charge in [0, 0.05) is 17.8 Å². The third-order valence-electron chi connectivity index (χ3n) is 3.11. The van der Waals surface area contributed by atoms with E-state index >= 15 is 0 Å². The second-order valence-electron chi connectivity index (χ2n) is 5.08. The van der Waals surface area contributed by atoms with Gasteiger partial charge in [-0.3, -0.25) is 9.59 Å². The lowest BCUT2D eigenvalue weighted by molar-refractivity contribution is -0.137. The quantitative estimate of drug-likeness (QED) is 0.862. The first-order valence-corrected chi connectivity index (χ1v) is 7.38. The lowest BCUT2D eigenvalue weighted by atomic mass is 10.1. The van der Waals surface area contributed by atoms with Crippen LogP contribution in [0, 0.1) is 6.92 Å². The minimum atomic E-state index is -0.876. The van der Waals surface area contributed by atoms with E-state index in [-0.39, 0.29) is 24.1 Å². The van der Waals surface area contributed by atoms with Crippen molar-refractivity contribution >= 4 is 38.8 Å². The maximum absolute atomic E-state index is 12.1. The second-order valence-corrected chi connectivity index (χ2v) is 5.94. The van der Waals surface area contributed by atoms with E-state index < -0.39 is 5.97 Å². The molecule has 0 spiro atoms. The molecular weight excluding hydrogens is 338 g/mol. The molecule has 0 radical (unpaired) electrons. The van der Waals surface area contributed by atoms with Gasteiger partial charge in [0.15, 0.2) is 5.76 Å². The Morgan fingerprint density at radius 2 is 2.10 bits per heavy atom. The molecule has 0 saturated heterocycles.